The van der Waals surface area contributed by atoms with E-state index in [4.69, 9.17) is 13.8 Å². The molecular formula is C55H37N5O. The molecule has 6 nitrogen and oxygen atoms in total. The highest BCUT2D eigenvalue weighted by Gasteiger charge is 2.17. The van der Waals surface area contributed by atoms with Crippen molar-refractivity contribution >= 4 is 76.2 Å². The zero-order valence-electron chi connectivity index (χ0n) is 35.8. The van der Waals surface area contributed by atoms with E-state index in [-0.39, 0.29) is 0 Å². The normalized spacial score (nSPS) is 12.6. The van der Waals surface area contributed by atoms with E-state index in [1.807, 2.05) is 54.7 Å². The van der Waals surface area contributed by atoms with Gasteiger partial charge in [0.05, 0.1) is 55.6 Å². The highest BCUT2D eigenvalue weighted by Crippen LogP contribution is 2.38. The van der Waals surface area contributed by atoms with E-state index in [1.54, 1.807) is 10.6 Å². The number of nitrogens with zero attached hydrogens (tertiary/aromatic N) is 5. The van der Waals surface area contributed by atoms with Gasteiger partial charge < -0.3 is 18.4 Å². The Balaban J connectivity index is 1.05. The van der Waals surface area contributed by atoms with E-state index < -0.39 is 6.98 Å². The molecule has 12 rings (SSSR count). The standard InChI is InChI=1S/C55H37N5O/c1-57-36-58(53-28-13-12-27-52(53)57)37-15-14-16-39(33-37)61-40-29-30-48-47-23-8-11-26-51(47)60(54(48)35-40)55-34-38(31-32-56-55)59-49-24-9-6-21-45(49)43-19-4-2-17-41(43)42-18-3-5-20-44(42)46-22-7-10-25-50(46)59/h2-35H,1H3/i1D3. The average molecular weight is 787 g/mol. The number of para-hydroxylation sites is 5. The van der Waals surface area contributed by atoms with Crippen LogP contribution in [0.25, 0.3) is 93.4 Å². The summed E-state index contributed by atoms with van der Waals surface area (Å²) in [4.78, 5) is 5.07. The molecule has 0 spiro atoms. The van der Waals surface area contributed by atoms with Crippen molar-refractivity contribution in [3.05, 3.63) is 213 Å². The number of aryl methyl sites for hydroxylation is 1. The van der Waals surface area contributed by atoms with Crippen molar-refractivity contribution < 1.29 is 13.4 Å². The van der Waals surface area contributed by atoms with Gasteiger partial charge in [0.25, 0.3) is 0 Å². The summed E-state index contributed by atoms with van der Waals surface area (Å²) in [6, 6.07) is 68.5. The lowest BCUT2D eigenvalue weighted by Gasteiger charge is -2.15. The molecule has 0 aliphatic rings. The van der Waals surface area contributed by atoms with E-state index in [9.17, 15) is 0 Å². The lowest BCUT2D eigenvalue weighted by molar-refractivity contribution is -0.649. The lowest BCUT2D eigenvalue weighted by Crippen LogP contribution is -2.26. The van der Waals surface area contributed by atoms with Crippen LogP contribution < -0.4 is 9.30 Å². The fraction of sp³-hybridized carbons (Fsp3) is 0.0182. The number of imidazole rings is 1. The van der Waals surface area contributed by atoms with Gasteiger partial charge in [-0.2, -0.15) is 0 Å². The van der Waals surface area contributed by atoms with Gasteiger partial charge in [-0.15, -0.1) is 0 Å². The van der Waals surface area contributed by atoms with Crippen molar-refractivity contribution in [3.63, 3.8) is 0 Å². The fourth-order valence-electron chi connectivity index (χ4n) is 9.11. The van der Waals surface area contributed by atoms with Gasteiger partial charge in [0, 0.05) is 39.9 Å². The predicted octanol–water partition coefficient (Wildman–Crippen LogP) is 13.1. The molecule has 0 bridgehead atoms. The van der Waals surface area contributed by atoms with E-state index in [2.05, 4.69) is 161 Å². The number of pyridine rings is 1. The molecule has 4 heterocycles. The van der Waals surface area contributed by atoms with Gasteiger partial charge in [0.2, 0.25) is 6.33 Å². The van der Waals surface area contributed by atoms with Crippen molar-refractivity contribution in [2.75, 3.05) is 0 Å². The summed E-state index contributed by atoms with van der Waals surface area (Å²) in [7, 11) is 0. The first kappa shape index (κ1) is 31.7. The number of fused-ring (bicyclic) bond motifs is 11. The molecule has 0 saturated heterocycles. The maximum atomic E-state index is 8.12. The van der Waals surface area contributed by atoms with Crippen molar-refractivity contribution in [2.24, 2.45) is 6.98 Å². The number of ether oxygens (including phenoxy) is 1. The third-order valence-corrected chi connectivity index (χ3v) is 11.8. The maximum absolute atomic E-state index is 8.12. The number of benzene rings is 8. The summed E-state index contributed by atoms with van der Waals surface area (Å²) >= 11 is 0. The van der Waals surface area contributed by atoms with Crippen LogP contribution in [-0.2, 0) is 6.98 Å². The van der Waals surface area contributed by atoms with Crippen LogP contribution in [-0.4, -0.2) is 18.7 Å². The van der Waals surface area contributed by atoms with Crippen LogP contribution in [0.1, 0.15) is 4.11 Å². The second kappa shape index (κ2) is 14.0. The van der Waals surface area contributed by atoms with Gasteiger partial charge >= 0.3 is 0 Å². The summed E-state index contributed by atoms with van der Waals surface area (Å²) in [5.74, 6) is 2.00. The molecule has 12 aromatic rings. The van der Waals surface area contributed by atoms with Crippen LogP contribution in [0.3, 0.4) is 0 Å². The molecule has 0 N–H and O–H groups in total. The van der Waals surface area contributed by atoms with Gasteiger partial charge in [-0.25, -0.2) is 4.98 Å². The third kappa shape index (κ3) is 5.64. The zero-order chi connectivity index (χ0) is 42.9. The Morgan fingerprint density at radius 2 is 0.967 bits per heavy atom. The van der Waals surface area contributed by atoms with Gasteiger partial charge in [-0.05, 0) is 70.1 Å². The summed E-state index contributed by atoms with van der Waals surface area (Å²) in [5.41, 5.74) is 7.06. The Morgan fingerprint density at radius 3 is 1.62 bits per heavy atom. The Hall–Kier alpha value is -8.22. The minimum Gasteiger partial charge on any atom is -0.458 e. The van der Waals surface area contributed by atoms with Gasteiger partial charge in [-0.3, -0.25) is 4.57 Å². The van der Waals surface area contributed by atoms with E-state index >= 15 is 0 Å². The molecular weight excluding hydrogens is 747 g/mol. The molecule has 0 fully saturated rings. The molecule has 6 heteroatoms. The second-order valence-electron chi connectivity index (χ2n) is 15.2. The average Bonchev–Trinajstić information content (AvgIpc) is 3.90. The quantitative estimate of drug-likeness (QED) is 0.129. The van der Waals surface area contributed by atoms with Crippen molar-refractivity contribution in [3.8, 4) is 28.7 Å². The number of hydrogen-bond donors (Lipinski definition) is 0. The first-order valence-corrected chi connectivity index (χ1v) is 20.3. The Labute approximate surface area is 355 Å². The van der Waals surface area contributed by atoms with Crippen LogP contribution in [0.5, 0.6) is 11.5 Å². The van der Waals surface area contributed by atoms with Crippen molar-refractivity contribution in [1.82, 2.24) is 18.7 Å². The van der Waals surface area contributed by atoms with Crippen molar-refractivity contribution in [2.45, 2.75) is 0 Å². The third-order valence-electron chi connectivity index (χ3n) is 11.8. The second-order valence-corrected chi connectivity index (χ2v) is 15.2. The molecule has 4 aromatic heterocycles. The van der Waals surface area contributed by atoms with Gasteiger partial charge in [-0.1, -0.05) is 140 Å². The van der Waals surface area contributed by atoms with Crippen LogP contribution in [0, 0.1) is 6.33 Å². The molecule has 0 aliphatic heterocycles. The van der Waals surface area contributed by atoms with Crippen molar-refractivity contribution in [1.29, 1.82) is 0 Å². The lowest BCUT2D eigenvalue weighted by atomic mass is 10.0. The molecule has 61 heavy (non-hydrogen) atoms. The van der Waals surface area contributed by atoms with E-state index in [0.29, 0.717) is 17.0 Å². The minimum atomic E-state index is -2.39. The van der Waals surface area contributed by atoms with Crippen LogP contribution in [0.2, 0.25) is 0 Å². The van der Waals surface area contributed by atoms with E-state index in [1.165, 1.54) is 15.3 Å². The Morgan fingerprint density at radius 1 is 0.443 bits per heavy atom. The monoisotopic (exact) mass is 786 g/mol. The first-order chi connectivity index (χ1) is 31.4. The SMILES string of the molecule is [2H]C([2H])([2H])[n+]1[c-]n(-c2cccc(Oc3ccc4c5ccccc5n(-c5cc(-n6c7ccccc7c7ccccc7c7ccccc7c7ccccc76)ccn5)c4c3)c2)c2ccccc21. The summed E-state index contributed by atoms with van der Waals surface area (Å²) in [6.07, 6.45) is 4.96. The summed E-state index contributed by atoms with van der Waals surface area (Å²) < 4.78 is 38.5. The smallest absolute Gasteiger partial charge is 0.244 e. The predicted molar refractivity (Wildman–Crippen MR) is 249 cm³/mol. The zero-order valence-corrected chi connectivity index (χ0v) is 32.8. The molecule has 0 radical (unpaired) electrons. The molecule has 0 atom stereocenters. The van der Waals surface area contributed by atoms with Crippen LogP contribution in [0.4, 0.5) is 0 Å². The fourth-order valence-corrected chi connectivity index (χ4v) is 9.11. The van der Waals surface area contributed by atoms with Gasteiger partial charge in [0.15, 0.2) is 0 Å². The highest BCUT2D eigenvalue weighted by atomic mass is 16.5. The largest absolute Gasteiger partial charge is 0.458 e. The highest BCUT2D eigenvalue weighted by molar-refractivity contribution is 6.19. The topological polar surface area (TPSA) is 40.8 Å². The van der Waals surface area contributed by atoms with Gasteiger partial charge in [0.1, 0.15) is 17.3 Å². The molecule has 0 aliphatic carbocycles. The Bertz CT molecular complexity index is 3790. The Kier molecular flexibility index (Phi) is 7.26. The van der Waals surface area contributed by atoms with Crippen LogP contribution in [0.15, 0.2) is 206 Å². The summed E-state index contributed by atoms with van der Waals surface area (Å²) in [5, 5.41) is 9.13. The number of hydrogen-bond acceptors (Lipinski definition) is 2. The number of aromatic nitrogens is 5. The molecule has 0 unspecified atom stereocenters. The first-order valence-electron chi connectivity index (χ1n) is 21.8. The van der Waals surface area contributed by atoms with E-state index in [0.717, 1.165) is 77.1 Å². The summed E-state index contributed by atoms with van der Waals surface area (Å²) in [6.45, 7) is -2.39. The molecule has 288 valence electrons. The molecule has 0 saturated carbocycles. The minimum absolute atomic E-state index is 0.565. The number of rotatable bonds is 5. The molecule has 8 aromatic carbocycles. The molecule has 0 amide bonds. The van der Waals surface area contributed by atoms with Crippen LogP contribution >= 0.6 is 0 Å². The maximum Gasteiger partial charge on any atom is 0.244 e.